The maximum Gasteiger partial charge on any atom is 0.274 e. The van der Waals surface area contributed by atoms with Gasteiger partial charge in [0, 0.05) is 25.1 Å². The number of benzene rings is 1. The molecule has 2 unspecified atom stereocenters. The normalized spacial score (nSPS) is 18.8. The number of hydrogen-bond acceptors (Lipinski definition) is 4. The van der Waals surface area contributed by atoms with Gasteiger partial charge in [0.05, 0.1) is 11.8 Å². The van der Waals surface area contributed by atoms with E-state index in [1.54, 1.807) is 11.8 Å². The molecule has 2 heterocycles. The van der Waals surface area contributed by atoms with E-state index in [9.17, 15) is 19.1 Å². The molecule has 1 fully saturated rings. The van der Waals surface area contributed by atoms with E-state index in [1.807, 2.05) is 0 Å². The molecule has 1 saturated heterocycles. The summed E-state index contributed by atoms with van der Waals surface area (Å²) in [4.78, 5) is 26.4. The minimum Gasteiger partial charge on any atom is -0.393 e. The smallest absolute Gasteiger partial charge is 0.274 e. The van der Waals surface area contributed by atoms with Gasteiger partial charge < -0.3 is 10.0 Å². The molecule has 1 aromatic heterocycles. The van der Waals surface area contributed by atoms with Crippen molar-refractivity contribution in [2.24, 2.45) is 5.92 Å². The van der Waals surface area contributed by atoms with Gasteiger partial charge in [-0.3, -0.25) is 9.59 Å². The Morgan fingerprint density at radius 3 is 2.68 bits per heavy atom. The van der Waals surface area contributed by atoms with Crippen LogP contribution in [-0.4, -0.2) is 44.9 Å². The zero-order valence-corrected chi connectivity index (χ0v) is 13.9. The molecule has 7 heteroatoms. The van der Waals surface area contributed by atoms with Gasteiger partial charge in [0.15, 0.2) is 0 Å². The highest BCUT2D eigenvalue weighted by atomic mass is 19.1. The summed E-state index contributed by atoms with van der Waals surface area (Å²) in [6.45, 7) is 2.79. The SMILES string of the molecule is CC(O)C1CCCN(C(=O)c2ccc(=O)n(-c3ccc(F)cc3)n2)C1. The number of likely N-dealkylation sites (tertiary alicyclic amines) is 1. The average Bonchev–Trinajstić information content (AvgIpc) is 2.62. The first-order valence-electron chi connectivity index (χ1n) is 8.29. The van der Waals surface area contributed by atoms with Gasteiger partial charge in [0.1, 0.15) is 11.5 Å². The summed E-state index contributed by atoms with van der Waals surface area (Å²) in [5, 5.41) is 13.9. The number of hydrogen-bond donors (Lipinski definition) is 1. The molecule has 6 nitrogen and oxygen atoms in total. The maximum atomic E-state index is 13.1. The third-order valence-corrected chi connectivity index (χ3v) is 4.52. The second kappa shape index (κ2) is 7.14. The fourth-order valence-electron chi connectivity index (χ4n) is 3.04. The van der Waals surface area contributed by atoms with Crippen molar-refractivity contribution in [2.75, 3.05) is 13.1 Å². The largest absolute Gasteiger partial charge is 0.393 e. The van der Waals surface area contributed by atoms with Gasteiger partial charge in [-0.05, 0) is 50.1 Å². The second-order valence-electron chi connectivity index (χ2n) is 6.34. The molecule has 3 rings (SSSR count). The van der Waals surface area contributed by atoms with Crippen molar-refractivity contribution in [1.29, 1.82) is 0 Å². The summed E-state index contributed by atoms with van der Waals surface area (Å²) in [5.74, 6) is -0.650. The molecule has 1 aromatic carbocycles. The monoisotopic (exact) mass is 345 g/mol. The van der Waals surface area contributed by atoms with Crippen molar-refractivity contribution in [3.8, 4) is 5.69 Å². The Labute approximate surface area is 144 Å². The summed E-state index contributed by atoms with van der Waals surface area (Å²) in [6, 6.07) is 8.01. The lowest BCUT2D eigenvalue weighted by Crippen LogP contribution is -2.43. The van der Waals surface area contributed by atoms with E-state index in [1.165, 1.54) is 36.4 Å². The zero-order chi connectivity index (χ0) is 18.0. The predicted octanol–water partition coefficient (Wildman–Crippen LogP) is 1.60. The first kappa shape index (κ1) is 17.3. The molecular weight excluding hydrogens is 325 g/mol. The maximum absolute atomic E-state index is 13.1. The highest BCUT2D eigenvalue weighted by Gasteiger charge is 2.28. The van der Waals surface area contributed by atoms with E-state index >= 15 is 0 Å². The van der Waals surface area contributed by atoms with Crippen molar-refractivity contribution >= 4 is 5.91 Å². The molecule has 0 bridgehead atoms. The minimum atomic E-state index is -0.475. The standard InChI is InChI=1S/C18H20FN3O3/c1-12(23)13-3-2-10-21(11-13)18(25)16-8-9-17(24)22(20-16)15-6-4-14(19)5-7-15/h4-9,12-13,23H,2-3,10-11H2,1H3. The third kappa shape index (κ3) is 3.76. The fourth-order valence-corrected chi connectivity index (χ4v) is 3.04. The lowest BCUT2D eigenvalue weighted by Gasteiger charge is -2.33. The molecule has 0 spiro atoms. The Hall–Kier alpha value is -2.54. The first-order chi connectivity index (χ1) is 12.0. The van der Waals surface area contributed by atoms with Gasteiger partial charge in [-0.15, -0.1) is 0 Å². The number of halogens is 1. The molecule has 1 N–H and O–H groups in total. The number of amides is 1. The van der Waals surface area contributed by atoms with Crippen molar-refractivity contribution in [3.05, 3.63) is 58.3 Å². The summed E-state index contributed by atoms with van der Waals surface area (Å²) in [5.41, 5.74) is 0.139. The zero-order valence-electron chi connectivity index (χ0n) is 13.9. The van der Waals surface area contributed by atoms with E-state index in [2.05, 4.69) is 5.10 Å². The molecule has 1 amide bonds. The van der Waals surface area contributed by atoms with Crippen molar-refractivity contribution in [2.45, 2.75) is 25.9 Å². The van der Waals surface area contributed by atoms with Crippen molar-refractivity contribution < 1.29 is 14.3 Å². The van der Waals surface area contributed by atoms with Crippen LogP contribution in [0.15, 0.2) is 41.2 Å². The second-order valence-corrected chi connectivity index (χ2v) is 6.34. The summed E-state index contributed by atoms with van der Waals surface area (Å²) in [7, 11) is 0. The topological polar surface area (TPSA) is 75.4 Å². The Balaban J connectivity index is 1.87. The Morgan fingerprint density at radius 1 is 1.28 bits per heavy atom. The average molecular weight is 345 g/mol. The van der Waals surface area contributed by atoms with Gasteiger partial charge in [0.2, 0.25) is 0 Å². The number of aliphatic hydroxyl groups is 1. The quantitative estimate of drug-likeness (QED) is 0.917. The summed E-state index contributed by atoms with van der Waals surface area (Å²) in [6.07, 6.45) is 1.22. The van der Waals surface area contributed by atoms with Gasteiger partial charge in [0.25, 0.3) is 11.5 Å². The van der Waals surface area contributed by atoms with Crippen LogP contribution >= 0.6 is 0 Å². The van der Waals surface area contributed by atoms with Gasteiger partial charge in [-0.25, -0.2) is 4.39 Å². The van der Waals surface area contributed by atoms with Crippen LogP contribution in [0.1, 0.15) is 30.3 Å². The van der Waals surface area contributed by atoms with Gasteiger partial charge >= 0.3 is 0 Å². The van der Waals surface area contributed by atoms with E-state index < -0.39 is 17.5 Å². The molecule has 2 atom stereocenters. The van der Waals surface area contributed by atoms with E-state index in [0.29, 0.717) is 18.8 Å². The van der Waals surface area contributed by atoms with Crippen LogP contribution in [0.2, 0.25) is 0 Å². The van der Waals surface area contributed by atoms with Crippen molar-refractivity contribution in [1.82, 2.24) is 14.7 Å². The predicted molar refractivity (Wildman–Crippen MR) is 90.1 cm³/mol. The number of carbonyl (C=O) groups excluding carboxylic acids is 1. The Morgan fingerprint density at radius 2 is 2.00 bits per heavy atom. The van der Waals surface area contributed by atoms with Crippen LogP contribution in [0.4, 0.5) is 4.39 Å². The Bertz CT molecular complexity index is 817. The molecular formula is C18H20FN3O3. The number of carbonyl (C=O) groups is 1. The summed E-state index contributed by atoms with van der Waals surface area (Å²) < 4.78 is 14.2. The number of aromatic nitrogens is 2. The first-order valence-corrected chi connectivity index (χ1v) is 8.29. The van der Waals surface area contributed by atoms with E-state index in [4.69, 9.17) is 0 Å². The van der Waals surface area contributed by atoms with Crippen LogP contribution < -0.4 is 5.56 Å². The minimum absolute atomic E-state index is 0.0423. The highest BCUT2D eigenvalue weighted by molar-refractivity contribution is 5.92. The third-order valence-electron chi connectivity index (χ3n) is 4.52. The molecule has 0 aliphatic carbocycles. The number of piperidine rings is 1. The lowest BCUT2D eigenvalue weighted by atomic mass is 9.93. The van der Waals surface area contributed by atoms with Crippen LogP contribution in [0.3, 0.4) is 0 Å². The summed E-state index contributed by atoms with van der Waals surface area (Å²) >= 11 is 0. The highest BCUT2D eigenvalue weighted by Crippen LogP contribution is 2.21. The lowest BCUT2D eigenvalue weighted by molar-refractivity contribution is 0.0460. The Kier molecular flexibility index (Phi) is 4.94. The van der Waals surface area contributed by atoms with E-state index in [0.717, 1.165) is 17.5 Å². The van der Waals surface area contributed by atoms with Gasteiger partial charge in [-0.2, -0.15) is 9.78 Å². The molecule has 0 radical (unpaired) electrons. The van der Waals surface area contributed by atoms with Crippen LogP contribution in [0, 0.1) is 11.7 Å². The fraction of sp³-hybridized carbons (Fsp3) is 0.389. The molecule has 2 aromatic rings. The van der Waals surface area contributed by atoms with Gasteiger partial charge in [-0.1, -0.05) is 0 Å². The van der Waals surface area contributed by atoms with E-state index in [-0.39, 0.29) is 17.5 Å². The van der Waals surface area contributed by atoms with Crippen LogP contribution in [-0.2, 0) is 0 Å². The molecule has 1 aliphatic rings. The number of nitrogens with zero attached hydrogens (tertiary/aromatic N) is 3. The number of aliphatic hydroxyl groups excluding tert-OH is 1. The molecule has 0 saturated carbocycles. The number of rotatable bonds is 3. The molecule has 1 aliphatic heterocycles. The molecule has 132 valence electrons. The van der Waals surface area contributed by atoms with Crippen molar-refractivity contribution in [3.63, 3.8) is 0 Å². The van der Waals surface area contributed by atoms with Crippen LogP contribution in [0.25, 0.3) is 5.69 Å². The molecule has 25 heavy (non-hydrogen) atoms. The van der Waals surface area contributed by atoms with Crippen LogP contribution in [0.5, 0.6) is 0 Å².